The first-order valence-electron chi connectivity index (χ1n) is 4.40. The Bertz CT molecular complexity index is 161. The number of amides is 1. The molecule has 1 atom stereocenters. The van der Waals surface area contributed by atoms with E-state index in [1.807, 2.05) is 0 Å². The van der Waals surface area contributed by atoms with Crippen LogP contribution < -0.4 is 5.73 Å². The van der Waals surface area contributed by atoms with E-state index in [1.54, 1.807) is 4.90 Å². The van der Waals surface area contributed by atoms with Crippen LogP contribution in [0.1, 0.15) is 19.3 Å². The summed E-state index contributed by atoms with van der Waals surface area (Å²) in [5.74, 6) is 0.0328. The largest absolute Gasteiger partial charge is 0.396 e. The van der Waals surface area contributed by atoms with Gasteiger partial charge in [0.25, 0.3) is 0 Å². The van der Waals surface area contributed by atoms with Crippen LogP contribution in [0.2, 0.25) is 0 Å². The van der Waals surface area contributed by atoms with Gasteiger partial charge >= 0.3 is 0 Å². The minimum atomic E-state index is -0.0629. The molecule has 1 aliphatic heterocycles. The number of rotatable bonds is 3. The van der Waals surface area contributed by atoms with Gasteiger partial charge in [-0.3, -0.25) is 4.79 Å². The second-order valence-corrected chi connectivity index (χ2v) is 3.09. The number of nitrogens with zero attached hydrogens (tertiary/aromatic N) is 1. The summed E-state index contributed by atoms with van der Waals surface area (Å²) >= 11 is 0. The molecule has 0 saturated carbocycles. The van der Waals surface area contributed by atoms with E-state index in [1.165, 1.54) is 0 Å². The molecule has 1 fully saturated rings. The van der Waals surface area contributed by atoms with Gasteiger partial charge < -0.3 is 15.7 Å². The summed E-state index contributed by atoms with van der Waals surface area (Å²) in [5, 5.41) is 8.58. The molecule has 1 unspecified atom stereocenters. The van der Waals surface area contributed by atoms with Gasteiger partial charge in [-0.05, 0) is 12.8 Å². The number of hydrogen-bond acceptors (Lipinski definition) is 3. The SMILES string of the molecule is NCC1CCCN1C(=O)CCO. The first-order valence-corrected chi connectivity index (χ1v) is 4.40. The molecule has 4 heteroatoms. The van der Waals surface area contributed by atoms with Crippen LogP contribution in [-0.4, -0.2) is 41.7 Å². The second kappa shape index (κ2) is 4.42. The lowest BCUT2D eigenvalue weighted by Gasteiger charge is -2.22. The third-order valence-corrected chi connectivity index (χ3v) is 2.30. The summed E-state index contributed by atoms with van der Waals surface area (Å²) in [6.45, 7) is 1.28. The van der Waals surface area contributed by atoms with Crippen molar-refractivity contribution in [3.63, 3.8) is 0 Å². The number of aliphatic hydroxyl groups is 1. The Kier molecular flexibility index (Phi) is 3.49. The Morgan fingerprint density at radius 3 is 3.00 bits per heavy atom. The highest BCUT2D eigenvalue weighted by molar-refractivity contribution is 5.76. The minimum absolute atomic E-state index is 0.0328. The molecule has 70 valence electrons. The molecule has 0 radical (unpaired) electrons. The summed E-state index contributed by atoms with van der Waals surface area (Å²) in [5.41, 5.74) is 5.50. The molecular formula is C8H16N2O2. The number of carbonyl (C=O) groups excluding carboxylic acids is 1. The molecule has 0 aromatic heterocycles. The summed E-state index contributed by atoms with van der Waals surface area (Å²) in [6, 6.07) is 0.212. The molecule has 0 bridgehead atoms. The molecule has 12 heavy (non-hydrogen) atoms. The van der Waals surface area contributed by atoms with Crippen molar-refractivity contribution < 1.29 is 9.90 Å². The van der Waals surface area contributed by atoms with E-state index in [9.17, 15) is 4.79 Å². The van der Waals surface area contributed by atoms with Crippen LogP contribution in [0.25, 0.3) is 0 Å². The van der Waals surface area contributed by atoms with Gasteiger partial charge in [-0.15, -0.1) is 0 Å². The van der Waals surface area contributed by atoms with Gasteiger partial charge in [-0.1, -0.05) is 0 Å². The Morgan fingerprint density at radius 2 is 2.42 bits per heavy atom. The third kappa shape index (κ3) is 1.95. The predicted octanol–water partition coefficient (Wildman–Crippen LogP) is -0.682. The number of carbonyl (C=O) groups is 1. The smallest absolute Gasteiger partial charge is 0.225 e. The van der Waals surface area contributed by atoms with Gasteiger partial charge in [0.15, 0.2) is 0 Å². The van der Waals surface area contributed by atoms with Crippen LogP contribution in [0.4, 0.5) is 0 Å². The maximum absolute atomic E-state index is 11.3. The second-order valence-electron chi connectivity index (χ2n) is 3.09. The van der Waals surface area contributed by atoms with Crippen LogP contribution in [0.3, 0.4) is 0 Å². The topological polar surface area (TPSA) is 66.6 Å². The number of likely N-dealkylation sites (tertiary alicyclic amines) is 1. The van der Waals surface area contributed by atoms with Crippen LogP contribution in [0.15, 0.2) is 0 Å². The van der Waals surface area contributed by atoms with Crippen molar-refractivity contribution in [3.8, 4) is 0 Å². The molecule has 3 N–H and O–H groups in total. The summed E-state index contributed by atoms with van der Waals surface area (Å²) < 4.78 is 0. The van der Waals surface area contributed by atoms with Crippen molar-refractivity contribution >= 4 is 5.91 Å². The molecule has 1 rings (SSSR count). The molecule has 4 nitrogen and oxygen atoms in total. The lowest BCUT2D eigenvalue weighted by Crippen LogP contribution is -2.40. The Hall–Kier alpha value is -0.610. The average Bonchev–Trinajstić information content (AvgIpc) is 2.51. The molecule has 1 saturated heterocycles. The van der Waals surface area contributed by atoms with Gasteiger partial charge in [0.2, 0.25) is 5.91 Å². The van der Waals surface area contributed by atoms with E-state index in [0.717, 1.165) is 19.4 Å². The first kappa shape index (κ1) is 9.48. The number of hydrogen-bond donors (Lipinski definition) is 2. The zero-order chi connectivity index (χ0) is 8.97. The minimum Gasteiger partial charge on any atom is -0.396 e. The standard InChI is InChI=1S/C8H16N2O2/c9-6-7-2-1-4-10(7)8(12)3-5-11/h7,11H,1-6,9H2. The summed E-state index contributed by atoms with van der Waals surface area (Å²) in [6.07, 6.45) is 2.28. The molecule has 1 amide bonds. The quantitative estimate of drug-likeness (QED) is 0.592. The molecule has 0 aromatic carbocycles. The maximum Gasteiger partial charge on any atom is 0.225 e. The maximum atomic E-state index is 11.3. The van der Waals surface area contributed by atoms with E-state index in [4.69, 9.17) is 10.8 Å². The van der Waals surface area contributed by atoms with Crippen LogP contribution >= 0.6 is 0 Å². The molecule has 1 heterocycles. The number of aliphatic hydroxyl groups excluding tert-OH is 1. The Labute approximate surface area is 72.3 Å². The lowest BCUT2D eigenvalue weighted by molar-refractivity contribution is -0.132. The fraction of sp³-hybridized carbons (Fsp3) is 0.875. The lowest BCUT2D eigenvalue weighted by atomic mass is 10.2. The Morgan fingerprint density at radius 1 is 1.67 bits per heavy atom. The van der Waals surface area contributed by atoms with Crippen LogP contribution in [-0.2, 0) is 4.79 Å². The summed E-state index contributed by atoms with van der Waals surface area (Å²) in [4.78, 5) is 13.1. The van der Waals surface area contributed by atoms with Gasteiger partial charge in [0.05, 0.1) is 6.61 Å². The summed E-state index contributed by atoms with van der Waals surface area (Å²) in [7, 11) is 0. The van der Waals surface area contributed by atoms with E-state index in [0.29, 0.717) is 6.54 Å². The fourth-order valence-electron chi connectivity index (χ4n) is 1.65. The van der Waals surface area contributed by atoms with Gasteiger partial charge in [-0.2, -0.15) is 0 Å². The molecule has 0 aromatic rings. The Balaban J connectivity index is 2.43. The zero-order valence-corrected chi connectivity index (χ0v) is 7.20. The average molecular weight is 172 g/mol. The predicted molar refractivity (Wildman–Crippen MR) is 45.5 cm³/mol. The van der Waals surface area contributed by atoms with Crippen molar-refractivity contribution in [3.05, 3.63) is 0 Å². The molecular weight excluding hydrogens is 156 g/mol. The highest BCUT2D eigenvalue weighted by Gasteiger charge is 2.26. The zero-order valence-electron chi connectivity index (χ0n) is 7.20. The molecule has 1 aliphatic rings. The van der Waals surface area contributed by atoms with Crippen molar-refractivity contribution in [1.29, 1.82) is 0 Å². The molecule has 0 spiro atoms. The first-order chi connectivity index (χ1) is 5.79. The van der Waals surface area contributed by atoms with E-state index < -0.39 is 0 Å². The van der Waals surface area contributed by atoms with Crippen LogP contribution in [0, 0.1) is 0 Å². The van der Waals surface area contributed by atoms with Crippen LogP contribution in [0.5, 0.6) is 0 Å². The molecule has 0 aliphatic carbocycles. The normalized spacial score (nSPS) is 23.2. The van der Waals surface area contributed by atoms with Crippen molar-refractivity contribution in [2.24, 2.45) is 5.73 Å². The van der Waals surface area contributed by atoms with Gasteiger partial charge in [-0.25, -0.2) is 0 Å². The van der Waals surface area contributed by atoms with Gasteiger partial charge in [0.1, 0.15) is 0 Å². The highest BCUT2D eigenvalue weighted by atomic mass is 16.3. The van der Waals surface area contributed by atoms with Crippen molar-refractivity contribution in [2.45, 2.75) is 25.3 Å². The monoisotopic (exact) mass is 172 g/mol. The van der Waals surface area contributed by atoms with E-state index in [-0.39, 0.29) is 25.0 Å². The van der Waals surface area contributed by atoms with Crippen molar-refractivity contribution in [1.82, 2.24) is 4.90 Å². The van der Waals surface area contributed by atoms with Crippen molar-refractivity contribution in [2.75, 3.05) is 19.7 Å². The fourth-order valence-corrected chi connectivity index (χ4v) is 1.65. The highest BCUT2D eigenvalue weighted by Crippen LogP contribution is 2.16. The van der Waals surface area contributed by atoms with E-state index in [2.05, 4.69) is 0 Å². The number of nitrogens with two attached hydrogens (primary N) is 1. The third-order valence-electron chi connectivity index (χ3n) is 2.30. The van der Waals surface area contributed by atoms with E-state index >= 15 is 0 Å². The van der Waals surface area contributed by atoms with Gasteiger partial charge in [0, 0.05) is 25.6 Å².